The molecule has 27 heavy (non-hydrogen) atoms. The average Bonchev–Trinajstić information content (AvgIpc) is 3.41. The highest BCUT2D eigenvalue weighted by molar-refractivity contribution is 5.93. The number of pyridine rings is 1. The van der Waals surface area contributed by atoms with Gasteiger partial charge in [-0.3, -0.25) is 19.6 Å². The fourth-order valence-corrected chi connectivity index (χ4v) is 2.83. The van der Waals surface area contributed by atoms with Gasteiger partial charge in [0.05, 0.1) is 18.3 Å². The Kier molecular flexibility index (Phi) is 4.74. The molecule has 7 heteroatoms. The monoisotopic (exact) mass is 358 g/mol. The van der Waals surface area contributed by atoms with Gasteiger partial charge in [-0.05, 0) is 29.8 Å². The normalized spacial score (nSPS) is 11.9. The van der Waals surface area contributed by atoms with Gasteiger partial charge in [-0.25, -0.2) is 0 Å². The minimum Gasteiger partial charge on any atom is -0.342 e. The van der Waals surface area contributed by atoms with Crippen molar-refractivity contribution in [3.05, 3.63) is 90.5 Å². The molecule has 4 rings (SSSR count). The summed E-state index contributed by atoms with van der Waals surface area (Å²) in [4.78, 5) is 17.0. The second kappa shape index (κ2) is 7.65. The van der Waals surface area contributed by atoms with Crippen LogP contribution in [0.15, 0.2) is 79.3 Å². The number of amides is 1. The standard InChI is InChI=1S/C20H18N6O/c27-20(18-13-17(24-25-18)16-9-4-5-10-21-16)23-19(14-26-12-6-11-22-26)15-7-2-1-3-8-15/h1-13,19H,14H2,(H,23,27)(H,24,25)/t19-/m1/s1. The predicted molar refractivity (Wildman–Crippen MR) is 101 cm³/mol. The van der Waals surface area contributed by atoms with Crippen LogP contribution in [-0.2, 0) is 6.54 Å². The van der Waals surface area contributed by atoms with Crippen LogP contribution in [0.4, 0.5) is 0 Å². The summed E-state index contributed by atoms with van der Waals surface area (Å²) in [5.74, 6) is -0.231. The van der Waals surface area contributed by atoms with Crippen molar-refractivity contribution < 1.29 is 4.79 Å². The van der Waals surface area contributed by atoms with Crippen LogP contribution in [0.25, 0.3) is 11.4 Å². The molecule has 1 amide bonds. The zero-order valence-corrected chi connectivity index (χ0v) is 14.5. The smallest absolute Gasteiger partial charge is 0.269 e. The molecule has 0 saturated heterocycles. The van der Waals surface area contributed by atoms with Crippen molar-refractivity contribution in [1.29, 1.82) is 0 Å². The first kappa shape index (κ1) is 16.7. The van der Waals surface area contributed by atoms with E-state index in [4.69, 9.17) is 0 Å². The van der Waals surface area contributed by atoms with Crippen molar-refractivity contribution in [2.24, 2.45) is 0 Å². The van der Waals surface area contributed by atoms with E-state index in [2.05, 4.69) is 25.6 Å². The molecule has 1 atom stereocenters. The van der Waals surface area contributed by atoms with Gasteiger partial charge in [0, 0.05) is 18.6 Å². The molecule has 0 aliphatic rings. The molecule has 134 valence electrons. The topological polar surface area (TPSA) is 88.5 Å². The molecule has 0 saturated carbocycles. The zero-order chi connectivity index (χ0) is 18.5. The molecule has 0 bridgehead atoms. The van der Waals surface area contributed by atoms with Gasteiger partial charge in [-0.15, -0.1) is 0 Å². The third-order valence-electron chi connectivity index (χ3n) is 4.19. The SMILES string of the molecule is O=C(N[C@H](Cn1cccn1)c1ccccc1)c1cc(-c2ccccn2)n[nH]1. The summed E-state index contributed by atoms with van der Waals surface area (Å²) in [5.41, 5.74) is 2.73. The van der Waals surface area contributed by atoms with Crippen molar-refractivity contribution in [2.75, 3.05) is 0 Å². The Hall–Kier alpha value is -3.74. The molecular formula is C20H18N6O. The van der Waals surface area contributed by atoms with E-state index in [9.17, 15) is 4.79 Å². The Morgan fingerprint density at radius 3 is 2.63 bits per heavy atom. The molecule has 0 radical (unpaired) electrons. The van der Waals surface area contributed by atoms with Crippen molar-refractivity contribution in [2.45, 2.75) is 12.6 Å². The minimum atomic E-state index is -0.231. The van der Waals surface area contributed by atoms with Crippen molar-refractivity contribution in [3.8, 4) is 11.4 Å². The van der Waals surface area contributed by atoms with Gasteiger partial charge in [-0.1, -0.05) is 36.4 Å². The summed E-state index contributed by atoms with van der Waals surface area (Å²) in [7, 11) is 0. The van der Waals surface area contributed by atoms with Crippen LogP contribution in [-0.4, -0.2) is 30.9 Å². The summed E-state index contributed by atoms with van der Waals surface area (Å²) in [6.07, 6.45) is 5.29. The molecule has 7 nitrogen and oxygen atoms in total. The van der Waals surface area contributed by atoms with Crippen LogP contribution in [0.5, 0.6) is 0 Å². The fraction of sp³-hybridized carbons (Fsp3) is 0.100. The quantitative estimate of drug-likeness (QED) is 0.555. The highest BCUT2D eigenvalue weighted by Crippen LogP contribution is 2.17. The molecule has 4 aromatic rings. The summed E-state index contributed by atoms with van der Waals surface area (Å²) < 4.78 is 1.80. The Morgan fingerprint density at radius 1 is 1.04 bits per heavy atom. The Balaban J connectivity index is 1.54. The molecule has 1 aromatic carbocycles. The maximum Gasteiger partial charge on any atom is 0.269 e. The lowest BCUT2D eigenvalue weighted by Crippen LogP contribution is -2.31. The van der Waals surface area contributed by atoms with Crippen molar-refractivity contribution in [3.63, 3.8) is 0 Å². The van der Waals surface area contributed by atoms with Crippen molar-refractivity contribution in [1.82, 2.24) is 30.3 Å². The molecular weight excluding hydrogens is 340 g/mol. The van der Waals surface area contributed by atoms with E-state index in [-0.39, 0.29) is 11.9 Å². The van der Waals surface area contributed by atoms with E-state index in [1.54, 1.807) is 23.1 Å². The largest absolute Gasteiger partial charge is 0.342 e. The molecule has 0 spiro atoms. The minimum absolute atomic E-state index is 0.222. The fourth-order valence-electron chi connectivity index (χ4n) is 2.83. The highest BCUT2D eigenvalue weighted by atomic mass is 16.2. The summed E-state index contributed by atoms with van der Waals surface area (Å²) >= 11 is 0. The number of H-pyrrole nitrogens is 1. The van der Waals surface area contributed by atoms with Crippen LogP contribution in [0, 0.1) is 0 Å². The highest BCUT2D eigenvalue weighted by Gasteiger charge is 2.18. The number of rotatable bonds is 6. The third-order valence-corrected chi connectivity index (χ3v) is 4.19. The Bertz CT molecular complexity index is 995. The van der Waals surface area contributed by atoms with E-state index in [1.807, 2.05) is 60.8 Å². The predicted octanol–water partition coefficient (Wildman–Crippen LogP) is 2.84. The Labute approximate surface area is 156 Å². The van der Waals surface area contributed by atoms with Crippen LogP contribution in [0.3, 0.4) is 0 Å². The summed E-state index contributed by atoms with van der Waals surface area (Å²) in [5, 5.41) is 14.3. The first-order chi connectivity index (χ1) is 13.3. The number of benzene rings is 1. The lowest BCUT2D eigenvalue weighted by atomic mass is 10.1. The van der Waals surface area contributed by atoms with Gasteiger partial charge in [0.2, 0.25) is 0 Å². The van der Waals surface area contributed by atoms with Gasteiger partial charge in [-0.2, -0.15) is 10.2 Å². The molecule has 0 fully saturated rings. The lowest BCUT2D eigenvalue weighted by molar-refractivity contribution is 0.0926. The first-order valence-corrected chi connectivity index (χ1v) is 8.59. The molecule has 0 aliphatic heterocycles. The van der Waals surface area contributed by atoms with E-state index in [0.29, 0.717) is 23.6 Å². The van der Waals surface area contributed by atoms with Gasteiger partial charge < -0.3 is 5.32 Å². The average molecular weight is 358 g/mol. The van der Waals surface area contributed by atoms with Gasteiger partial charge in [0.1, 0.15) is 11.4 Å². The van der Waals surface area contributed by atoms with Gasteiger partial charge >= 0.3 is 0 Å². The number of hydrogen-bond acceptors (Lipinski definition) is 4. The van der Waals surface area contributed by atoms with E-state index in [0.717, 1.165) is 5.56 Å². The summed E-state index contributed by atoms with van der Waals surface area (Å²) in [6.45, 7) is 0.532. The number of aromatic nitrogens is 5. The Morgan fingerprint density at radius 2 is 1.89 bits per heavy atom. The number of hydrogen-bond donors (Lipinski definition) is 2. The number of nitrogens with one attached hydrogen (secondary N) is 2. The molecule has 0 unspecified atom stereocenters. The van der Waals surface area contributed by atoms with Crippen molar-refractivity contribution >= 4 is 5.91 Å². The van der Waals surface area contributed by atoms with Crippen LogP contribution < -0.4 is 5.32 Å². The first-order valence-electron chi connectivity index (χ1n) is 8.59. The second-order valence-electron chi connectivity index (χ2n) is 6.05. The van der Waals surface area contributed by atoms with Gasteiger partial charge in [0.25, 0.3) is 5.91 Å². The zero-order valence-electron chi connectivity index (χ0n) is 14.5. The maximum atomic E-state index is 12.8. The van der Waals surface area contributed by atoms with E-state index < -0.39 is 0 Å². The van der Waals surface area contributed by atoms with E-state index in [1.165, 1.54) is 0 Å². The number of carbonyl (C=O) groups is 1. The second-order valence-corrected chi connectivity index (χ2v) is 6.05. The van der Waals surface area contributed by atoms with E-state index >= 15 is 0 Å². The molecule has 0 aliphatic carbocycles. The third kappa shape index (κ3) is 3.92. The summed E-state index contributed by atoms with van der Waals surface area (Å²) in [6, 6.07) is 18.7. The number of nitrogens with zero attached hydrogens (tertiary/aromatic N) is 4. The van der Waals surface area contributed by atoms with Crippen LogP contribution >= 0.6 is 0 Å². The van der Waals surface area contributed by atoms with Crippen LogP contribution in [0.1, 0.15) is 22.1 Å². The molecule has 3 aromatic heterocycles. The van der Waals surface area contributed by atoms with Gasteiger partial charge in [0.15, 0.2) is 0 Å². The molecule has 3 heterocycles. The number of carbonyl (C=O) groups excluding carboxylic acids is 1. The maximum absolute atomic E-state index is 12.8. The molecule has 2 N–H and O–H groups in total. The lowest BCUT2D eigenvalue weighted by Gasteiger charge is -2.19. The number of aromatic amines is 1. The van der Waals surface area contributed by atoms with Crippen LogP contribution in [0.2, 0.25) is 0 Å².